The molecule has 1 aromatic heterocycles. The fourth-order valence-corrected chi connectivity index (χ4v) is 2.12. The van der Waals surface area contributed by atoms with Crippen molar-refractivity contribution in [2.75, 3.05) is 11.6 Å². The summed E-state index contributed by atoms with van der Waals surface area (Å²) in [5.74, 6) is 5.99. The minimum Gasteiger partial charge on any atom is -0.369 e. The number of hydrogen-bond donors (Lipinski definition) is 2. The Kier molecular flexibility index (Phi) is 3.73. The van der Waals surface area contributed by atoms with Gasteiger partial charge in [0.2, 0.25) is 11.1 Å². The lowest BCUT2D eigenvalue weighted by atomic mass is 10.2. The SMILES string of the molecule is NC(=O)CSc1nnc(-c2cccc(Cl)c2)n1N. The van der Waals surface area contributed by atoms with E-state index < -0.39 is 5.91 Å². The number of carbonyl (C=O) groups excluding carboxylic acids is 1. The summed E-state index contributed by atoms with van der Waals surface area (Å²) >= 11 is 7.02. The lowest BCUT2D eigenvalue weighted by Gasteiger charge is -2.03. The summed E-state index contributed by atoms with van der Waals surface area (Å²) in [5.41, 5.74) is 5.81. The van der Waals surface area contributed by atoms with E-state index in [-0.39, 0.29) is 5.75 Å². The molecule has 1 aromatic carbocycles. The normalized spacial score (nSPS) is 10.5. The van der Waals surface area contributed by atoms with Gasteiger partial charge in [0, 0.05) is 10.6 Å². The summed E-state index contributed by atoms with van der Waals surface area (Å²) in [4.78, 5) is 10.7. The molecule has 18 heavy (non-hydrogen) atoms. The Morgan fingerprint density at radius 1 is 1.44 bits per heavy atom. The Balaban J connectivity index is 2.28. The largest absolute Gasteiger partial charge is 0.369 e. The van der Waals surface area contributed by atoms with Crippen LogP contribution in [0.3, 0.4) is 0 Å². The van der Waals surface area contributed by atoms with Gasteiger partial charge in [-0.05, 0) is 12.1 Å². The zero-order valence-corrected chi connectivity index (χ0v) is 10.8. The first-order valence-corrected chi connectivity index (χ1v) is 6.32. The standard InChI is InChI=1S/C10H10ClN5OS/c11-7-3-1-2-6(4-7)9-14-15-10(16(9)13)18-5-8(12)17/h1-4H,5,13H2,(H2,12,17). The number of primary amides is 1. The number of halogens is 1. The van der Waals surface area contributed by atoms with Gasteiger partial charge >= 0.3 is 0 Å². The molecule has 2 aromatic rings. The molecular weight excluding hydrogens is 274 g/mol. The molecule has 0 atom stereocenters. The summed E-state index contributed by atoms with van der Waals surface area (Å²) < 4.78 is 1.30. The molecule has 1 heterocycles. The number of rotatable bonds is 4. The highest BCUT2D eigenvalue weighted by Crippen LogP contribution is 2.23. The van der Waals surface area contributed by atoms with Gasteiger partial charge in [-0.2, -0.15) is 0 Å². The number of aromatic nitrogens is 3. The Morgan fingerprint density at radius 3 is 2.89 bits per heavy atom. The van der Waals surface area contributed by atoms with Gasteiger partial charge in [0.25, 0.3) is 0 Å². The van der Waals surface area contributed by atoms with Crippen molar-refractivity contribution in [2.45, 2.75) is 5.16 Å². The second-order valence-corrected chi connectivity index (χ2v) is 4.82. The summed E-state index contributed by atoms with van der Waals surface area (Å²) in [5, 5.41) is 8.86. The van der Waals surface area contributed by atoms with E-state index in [0.717, 1.165) is 17.3 Å². The van der Waals surface area contributed by atoms with Gasteiger partial charge in [-0.15, -0.1) is 10.2 Å². The van der Waals surface area contributed by atoms with Gasteiger partial charge in [0.1, 0.15) is 0 Å². The second kappa shape index (κ2) is 5.28. The van der Waals surface area contributed by atoms with Crippen LogP contribution in [0.5, 0.6) is 0 Å². The average molecular weight is 284 g/mol. The van der Waals surface area contributed by atoms with E-state index in [1.54, 1.807) is 18.2 Å². The maximum absolute atomic E-state index is 10.7. The molecule has 4 N–H and O–H groups in total. The Morgan fingerprint density at radius 2 is 2.22 bits per heavy atom. The van der Waals surface area contributed by atoms with Crippen LogP contribution in [0.4, 0.5) is 0 Å². The molecule has 94 valence electrons. The van der Waals surface area contributed by atoms with E-state index in [9.17, 15) is 4.79 Å². The van der Waals surface area contributed by atoms with Gasteiger partial charge in [-0.1, -0.05) is 35.5 Å². The predicted octanol–water partition coefficient (Wildman–Crippen LogP) is 0.890. The van der Waals surface area contributed by atoms with E-state index in [2.05, 4.69) is 10.2 Å². The lowest BCUT2D eigenvalue weighted by Crippen LogP contribution is -2.16. The Hall–Kier alpha value is -1.73. The number of carbonyl (C=O) groups is 1. The first-order valence-electron chi connectivity index (χ1n) is 4.95. The van der Waals surface area contributed by atoms with Crippen LogP contribution in [0.15, 0.2) is 29.4 Å². The first-order chi connectivity index (χ1) is 8.58. The molecular formula is C10H10ClN5OS. The van der Waals surface area contributed by atoms with E-state index >= 15 is 0 Å². The van der Waals surface area contributed by atoms with Gasteiger partial charge in [0.15, 0.2) is 5.82 Å². The molecule has 2 rings (SSSR count). The number of nitrogens with zero attached hydrogens (tertiary/aromatic N) is 3. The van der Waals surface area contributed by atoms with Crippen LogP contribution in [0.25, 0.3) is 11.4 Å². The third-order valence-electron chi connectivity index (χ3n) is 2.09. The molecule has 0 spiro atoms. The first kappa shape index (κ1) is 12.7. The maximum Gasteiger partial charge on any atom is 0.227 e. The van der Waals surface area contributed by atoms with E-state index in [4.69, 9.17) is 23.2 Å². The zero-order valence-electron chi connectivity index (χ0n) is 9.21. The molecule has 0 bridgehead atoms. The summed E-state index contributed by atoms with van der Waals surface area (Å²) in [7, 11) is 0. The zero-order chi connectivity index (χ0) is 13.1. The van der Waals surface area contributed by atoms with E-state index in [1.807, 2.05) is 6.07 Å². The van der Waals surface area contributed by atoms with Gasteiger partial charge in [-0.3, -0.25) is 4.79 Å². The van der Waals surface area contributed by atoms with Crippen LogP contribution in [0, 0.1) is 0 Å². The number of benzene rings is 1. The molecule has 0 aliphatic carbocycles. The third-order valence-corrected chi connectivity index (χ3v) is 3.29. The van der Waals surface area contributed by atoms with Crippen molar-refractivity contribution < 1.29 is 4.79 Å². The highest BCUT2D eigenvalue weighted by Gasteiger charge is 2.12. The van der Waals surface area contributed by atoms with Crippen molar-refractivity contribution in [2.24, 2.45) is 5.73 Å². The average Bonchev–Trinajstić information content (AvgIpc) is 2.68. The smallest absolute Gasteiger partial charge is 0.227 e. The van der Waals surface area contributed by atoms with Gasteiger partial charge in [0.05, 0.1) is 5.75 Å². The van der Waals surface area contributed by atoms with Crippen molar-refractivity contribution >= 4 is 29.3 Å². The lowest BCUT2D eigenvalue weighted by molar-refractivity contribution is -0.115. The molecule has 0 saturated heterocycles. The predicted molar refractivity (Wildman–Crippen MR) is 70.5 cm³/mol. The van der Waals surface area contributed by atoms with Gasteiger partial charge < -0.3 is 11.6 Å². The van der Waals surface area contributed by atoms with Crippen LogP contribution >= 0.6 is 23.4 Å². The minimum absolute atomic E-state index is 0.102. The van der Waals surface area contributed by atoms with Gasteiger partial charge in [-0.25, -0.2) is 4.68 Å². The number of amides is 1. The number of nitrogen functional groups attached to an aromatic ring is 1. The maximum atomic E-state index is 10.7. The van der Waals surface area contributed by atoms with Crippen LogP contribution < -0.4 is 11.6 Å². The molecule has 0 aliphatic rings. The molecule has 0 radical (unpaired) electrons. The van der Waals surface area contributed by atoms with Crippen molar-refractivity contribution in [3.05, 3.63) is 29.3 Å². The second-order valence-electron chi connectivity index (χ2n) is 3.44. The Labute approximate surface area is 112 Å². The Bertz CT molecular complexity index is 585. The minimum atomic E-state index is -0.438. The van der Waals surface area contributed by atoms with Crippen LogP contribution in [-0.2, 0) is 4.79 Å². The molecule has 0 unspecified atom stereocenters. The number of thioether (sulfide) groups is 1. The highest BCUT2D eigenvalue weighted by molar-refractivity contribution is 7.99. The fourth-order valence-electron chi connectivity index (χ4n) is 1.34. The molecule has 0 saturated carbocycles. The highest BCUT2D eigenvalue weighted by atomic mass is 35.5. The van der Waals surface area contributed by atoms with Crippen molar-refractivity contribution in [1.29, 1.82) is 0 Å². The van der Waals surface area contributed by atoms with Crippen molar-refractivity contribution in [1.82, 2.24) is 14.9 Å². The third kappa shape index (κ3) is 2.74. The van der Waals surface area contributed by atoms with Crippen LogP contribution in [0.1, 0.15) is 0 Å². The number of hydrogen-bond acceptors (Lipinski definition) is 5. The topological polar surface area (TPSA) is 99.8 Å². The molecule has 6 nitrogen and oxygen atoms in total. The molecule has 0 fully saturated rings. The summed E-state index contributed by atoms with van der Waals surface area (Å²) in [6.45, 7) is 0. The molecule has 0 aliphatic heterocycles. The molecule has 8 heteroatoms. The summed E-state index contributed by atoms with van der Waals surface area (Å²) in [6.07, 6.45) is 0. The fraction of sp³-hybridized carbons (Fsp3) is 0.100. The quantitative estimate of drug-likeness (QED) is 0.641. The number of nitrogens with two attached hydrogens (primary N) is 2. The van der Waals surface area contributed by atoms with Crippen LogP contribution in [0.2, 0.25) is 5.02 Å². The van der Waals surface area contributed by atoms with Crippen molar-refractivity contribution in [3.8, 4) is 11.4 Å². The van der Waals surface area contributed by atoms with Crippen molar-refractivity contribution in [3.63, 3.8) is 0 Å². The van der Waals surface area contributed by atoms with E-state index in [1.165, 1.54) is 4.68 Å². The summed E-state index contributed by atoms with van der Waals surface area (Å²) in [6, 6.07) is 7.10. The monoisotopic (exact) mass is 283 g/mol. The molecule has 1 amide bonds. The van der Waals surface area contributed by atoms with Crippen LogP contribution in [-0.4, -0.2) is 26.5 Å². The van der Waals surface area contributed by atoms with E-state index in [0.29, 0.717) is 16.0 Å².